The third kappa shape index (κ3) is 4.90. The van der Waals surface area contributed by atoms with Gasteiger partial charge in [0.15, 0.2) is 0 Å². The first-order chi connectivity index (χ1) is 16.5. The fraction of sp³-hybridized carbons (Fsp3) is 0.346. The van der Waals surface area contributed by atoms with Crippen LogP contribution in [0, 0.1) is 0 Å². The largest absolute Gasteiger partial charge is 0.494 e. The van der Waals surface area contributed by atoms with E-state index in [1.54, 1.807) is 25.1 Å². The van der Waals surface area contributed by atoms with Gasteiger partial charge in [-0.05, 0) is 69.0 Å². The highest BCUT2D eigenvalue weighted by molar-refractivity contribution is 6.39. The SMILES string of the molecule is CCOc1ccc(N2C(=O)NC(=O)/C(=C\c3ccc(N4CCCCC4)cc3)C2=O)c(OCC)c1. The first kappa shape index (κ1) is 23.4. The maximum atomic E-state index is 13.3. The fourth-order valence-corrected chi connectivity index (χ4v) is 4.18. The molecule has 0 aromatic heterocycles. The van der Waals surface area contributed by atoms with Crippen molar-refractivity contribution in [1.29, 1.82) is 0 Å². The Bertz CT molecular complexity index is 1100. The highest BCUT2D eigenvalue weighted by atomic mass is 16.5. The number of carbonyl (C=O) groups is 3. The van der Waals surface area contributed by atoms with E-state index in [0.717, 1.165) is 23.7 Å². The lowest BCUT2D eigenvalue weighted by Crippen LogP contribution is -2.54. The number of anilines is 2. The number of carbonyl (C=O) groups excluding carboxylic acids is 3. The van der Waals surface area contributed by atoms with Gasteiger partial charge < -0.3 is 14.4 Å². The number of imide groups is 2. The van der Waals surface area contributed by atoms with Crippen LogP contribution >= 0.6 is 0 Å². The molecule has 0 spiro atoms. The first-order valence-corrected chi connectivity index (χ1v) is 11.7. The van der Waals surface area contributed by atoms with Crippen molar-refractivity contribution >= 4 is 35.3 Å². The number of rotatable bonds is 7. The van der Waals surface area contributed by atoms with Gasteiger partial charge in [0, 0.05) is 24.8 Å². The average Bonchev–Trinajstić information content (AvgIpc) is 2.84. The summed E-state index contributed by atoms with van der Waals surface area (Å²) in [4.78, 5) is 41.8. The number of ether oxygens (including phenoxy) is 2. The molecule has 2 aromatic rings. The summed E-state index contributed by atoms with van der Waals surface area (Å²) in [6.07, 6.45) is 5.12. The predicted molar refractivity (Wildman–Crippen MR) is 130 cm³/mol. The Morgan fingerprint density at radius 3 is 2.29 bits per heavy atom. The minimum atomic E-state index is -0.822. The molecule has 2 aliphatic heterocycles. The van der Waals surface area contributed by atoms with Crippen LogP contribution in [0.2, 0.25) is 0 Å². The zero-order valence-corrected chi connectivity index (χ0v) is 19.5. The van der Waals surface area contributed by atoms with Gasteiger partial charge in [0.2, 0.25) is 0 Å². The van der Waals surface area contributed by atoms with Crippen molar-refractivity contribution in [3.8, 4) is 11.5 Å². The van der Waals surface area contributed by atoms with E-state index in [2.05, 4.69) is 10.2 Å². The number of barbiturate groups is 1. The van der Waals surface area contributed by atoms with Gasteiger partial charge in [0.25, 0.3) is 11.8 Å². The number of piperidine rings is 1. The van der Waals surface area contributed by atoms with Crippen LogP contribution < -0.4 is 24.6 Å². The molecule has 2 aromatic carbocycles. The van der Waals surface area contributed by atoms with E-state index in [0.29, 0.717) is 30.3 Å². The molecule has 4 rings (SSSR count). The fourth-order valence-electron chi connectivity index (χ4n) is 4.18. The lowest BCUT2D eigenvalue weighted by molar-refractivity contribution is -0.122. The zero-order chi connectivity index (χ0) is 24.1. The number of nitrogens with zero attached hydrogens (tertiary/aromatic N) is 2. The van der Waals surface area contributed by atoms with E-state index in [1.165, 1.54) is 25.3 Å². The van der Waals surface area contributed by atoms with Gasteiger partial charge in [-0.25, -0.2) is 9.69 Å². The molecule has 4 amide bonds. The second kappa shape index (κ2) is 10.4. The van der Waals surface area contributed by atoms with Gasteiger partial charge >= 0.3 is 6.03 Å². The van der Waals surface area contributed by atoms with Crippen molar-refractivity contribution in [2.75, 3.05) is 36.1 Å². The van der Waals surface area contributed by atoms with E-state index < -0.39 is 17.8 Å². The Morgan fingerprint density at radius 1 is 0.912 bits per heavy atom. The van der Waals surface area contributed by atoms with Crippen LogP contribution in [0.4, 0.5) is 16.2 Å². The van der Waals surface area contributed by atoms with E-state index in [-0.39, 0.29) is 11.3 Å². The average molecular weight is 464 g/mol. The van der Waals surface area contributed by atoms with Gasteiger partial charge in [0.05, 0.1) is 18.9 Å². The molecule has 2 heterocycles. The third-order valence-electron chi connectivity index (χ3n) is 5.81. The Morgan fingerprint density at radius 2 is 1.62 bits per heavy atom. The molecular weight excluding hydrogens is 434 g/mol. The standard InChI is InChI=1S/C26H29N3O5/c1-3-33-20-12-13-22(23(17-20)34-4-2)29-25(31)21(24(30)27-26(29)32)16-18-8-10-19(11-9-18)28-14-6-5-7-15-28/h8-13,16-17H,3-7,14-15H2,1-2H3,(H,27,30,32)/b21-16+. The minimum absolute atomic E-state index is 0.123. The van der Waals surface area contributed by atoms with Crippen molar-refractivity contribution in [2.24, 2.45) is 0 Å². The summed E-state index contributed by atoms with van der Waals surface area (Å²) in [5.41, 5.74) is 1.94. The molecular formula is C26H29N3O5. The van der Waals surface area contributed by atoms with Gasteiger partial charge in [0.1, 0.15) is 17.1 Å². The van der Waals surface area contributed by atoms with E-state index in [1.807, 2.05) is 31.2 Å². The van der Waals surface area contributed by atoms with Crippen LogP contribution in [0.3, 0.4) is 0 Å². The molecule has 178 valence electrons. The topological polar surface area (TPSA) is 88.2 Å². The van der Waals surface area contributed by atoms with E-state index in [4.69, 9.17) is 9.47 Å². The van der Waals surface area contributed by atoms with Crippen molar-refractivity contribution in [2.45, 2.75) is 33.1 Å². The summed E-state index contributed by atoms with van der Waals surface area (Å²) in [6.45, 7) is 6.52. The Hall–Kier alpha value is -3.81. The molecule has 1 N–H and O–H groups in total. The molecule has 0 radical (unpaired) electrons. The summed E-state index contributed by atoms with van der Waals surface area (Å²) < 4.78 is 11.2. The molecule has 8 heteroatoms. The van der Waals surface area contributed by atoms with Crippen LogP contribution in [0.25, 0.3) is 6.08 Å². The second-order valence-electron chi connectivity index (χ2n) is 8.09. The molecule has 0 atom stereocenters. The summed E-state index contributed by atoms with van der Waals surface area (Å²) in [7, 11) is 0. The highest BCUT2D eigenvalue weighted by Crippen LogP contribution is 2.35. The number of urea groups is 1. The van der Waals surface area contributed by atoms with Gasteiger partial charge in [-0.3, -0.25) is 14.9 Å². The van der Waals surface area contributed by atoms with Crippen LogP contribution in [0.15, 0.2) is 48.0 Å². The summed E-state index contributed by atoms with van der Waals surface area (Å²) in [5.74, 6) is -0.564. The molecule has 0 aliphatic carbocycles. The van der Waals surface area contributed by atoms with Crippen molar-refractivity contribution in [3.05, 3.63) is 53.6 Å². The third-order valence-corrected chi connectivity index (χ3v) is 5.81. The minimum Gasteiger partial charge on any atom is -0.494 e. The maximum Gasteiger partial charge on any atom is 0.336 e. The maximum absolute atomic E-state index is 13.3. The normalized spacial score (nSPS) is 17.7. The van der Waals surface area contributed by atoms with Gasteiger partial charge in [-0.1, -0.05) is 12.1 Å². The van der Waals surface area contributed by atoms with Crippen molar-refractivity contribution < 1.29 is 23.9 Å². The van der Waals surface area contributed by atoms with E-state index in [9.17, 15) is 14.4 Å². The Balaban J connectivity index is 1.63. The molecule has 0 saturated carbocycles. The van der Waals surface area contributed by atoms with Crippen LogP contribution in [-0.2, 0) is 9.59 Å². The molecule has 2 aliphatic rings. The van der Waals surface area contributed by atoms with Crippen LogP contribution in [0.5, 0.6) is 11.5 Å². The van der Waals surface area contributed by atoms with Gasteiger partial charge in [-0.15, -0.1) is 0 Å². The molecule has 2 fully saturated rings. The zero-order valence-electron chi connectivity index (χ0n) is 19.5. The Labute approximate surface area is 199 Å². The smallest absolute Gasteiger partial charge is 0.336 e. The molecule has 0 unspecified atom stereocenters. The molecule has 8 nitrogen and oxygen atoms in total. The number of hydrogen-bond donors (Lipinski definition) is 1. The molecule has 34 heavy (non-hydrogen) atoms. The quantitative estimate of drug-likeness (QED) is 0.491. The second-order valence-corrected chi connectivity index (χ2v) is 8.09. The summed E-state index contributed by atoms with van der Waals surface area (Å²) >= 11 is 0. The number of nitrogens with one attached hydrogen (secondary N) is 1. The molecule has 0 bridgehead atoms. The van der Waals surface area contributed by atoms with Crippen LogP contribution in [0.1, 0.15) is 38.7 Å². The number of amides is 4. The monoisotopic (exact) mass is 463 g/mol. The van der Waals surface area contributed by atoms with Crippen molar-refractivity contribution in [1.82, 2.24) is 5.32 Å². The van der Waals surface area contributed by atoms with E-state index >= 15 is 0 Å². The van der Waals surface area contributed by atoms with Crippen molar-refractivity contribution in [3.63, 3.8) is 0 Å². The summed E-state index contributed by atoms with van der Waals surface area (Å²) in [6, 6.07) is 11.8. The molecule has 2 saturated heterocycles. The van der Waals surface area contributed by atoms with Gasteiger partial charge in [-0.2, -0.15) is 0 Å². The number of benzene rings is 2. The lowest BCUT2D eigenvalue weighted by atomic mass is 10.1. The van der Waals surface area contributed by atoms with Crippen LogP contribution in [-0.4, -0.2) is 44.1 Å². The first-order valence-electron chi connectivity index (χ1n) is 11.7. The Kier molecular flexibility index (Phi) is 7.15. The summed E-state index contributed by atoms with van der Waals surface area (Å²) in [5, 5.41) is 2.26. The number of hydrogen-bond acceptors (Lipinski definition) is 6. The lowest BCUT2D eigenvalue weighted by Gasteiger charge is -2.29. The highest BCUT2D eigenvalue weighted by Gasteiger charge is 2.38. The predicted octanol–water partition coefficient (Wildman–Crippen LogP) is 4.14.